The number of alkyl halides is 3. The topological polar surface area (TPSA) is 108 Å². The zero-order valence-corrected chi connectivity index (χ0v) is 29.7. The second-order valence-electron chi connectivity index (χ2n) is 12.6. The second kappa shape index (κ2) is 16.6. The fourth-order valence-electron chi connectivity index (χ4n) is 6.12. The van der Waals surface area contributed by atoms with Gasteiger partial charge in [-0.05, 0) is 97.6 Å². The van der Waals surface area contributed by atoms with E-state index in [-0.39, 0.29) is 58.2 Å². The first kappa shape index (κ1) is 37.6. The van der Waals surface area contributed by atoms with Crippen molar-refractivity contribution in [1.82, 2.24) is 19.6 Å². The summed E-state index contributed by atoms with van der Waals surface area (Å²) >= 11 is -0.270. The Hall–Kier alpha value is -4.62. The summed E-state index contributed by atoms with van der Waals surface area (Å²) < 4.78 is 40.0. The molecule has 9 nitrogen and oxygen atoms in total. The average molecular weight is 722 g/mol. The molecule has 1 aliphatic rings. The number of aliphatic hydroxyl groups is 1. The quantitative estimate of drug-likeness (QED) is 0.138. The molecule has 51 heavy (non-hydrogen) atoms. The summed E-state index contributed by atoms with van der Waals surface area (Å²) in [4.78, 5) is 44.7. The van der Waals surface area contributed by atoms with E-state index >= 15 is 0 Å². The number of fused-ring (bicyclic) bond motifs is 1. The number of halogens is 3. The molecule has 1 atom stereocenters. The smallest absolute Gasteiger partial charge is 0.394 e. The Labute approximate surface area is 299 Å². The van der Waals surface area contributed by atoms with Crippen LogP contribution in [0.5, 0.6) is 0 Å². The van der Waals surface area contributed by atoms with Crippen molar-refractivity contribution in [3.05, 3.63) is 106 Å². The van der Waals surface area contributed by atoms with Crippen molar-refractivity contribution < 1.29 is 32.7 Å². The number of hydrogen-bond donors (Lipinski definition) is 2. The number of hydrogen-bond acceptors (Lipinski definition) is 6. The first-order valence-electron chi connectivity index (χ1n) is 17.1. The number of aryl methyl sites for hydroxylation is 1. The van der Waals surface area contributed by atoms with Crippen molar-refractivity contribution in [2.75, 3.05) is 25.0 Å². The van der Waals surface area contributed by atoms with Gasteiger partial charge in [0.25, 0.3) is 17.7 Å². The number of unbranched alkanes of at least 4 members (excludes halogenated alkanes) is 2. The van der Waals surface area contributed by atoms with Gasteiger partial charge in [-0.15, -0.1) is 0 Å². The van der Waals surface area contributed by atoms with E-state index in [1.807, 2.05) is 29.2 Å². The molecule has 4 aromatic rings. The number of nitrogens with one attached hydrogen (secondary N) is 1. The minimum Gasteiger partial charge on any atom is -0.394 e. The molecule has 1 aromatic heterocycles. The first-order valence-corrected chi connectivity index (χ1v) is 17.9. The largest absolute Gasteiger partial charge is 0.446 e. The highest BCUT2D eigenvalue weighted by molar-refractivity contribution is 8.00. The van der Waals surface area contributed by atoms with Gasteiger partial charge in [-0.25, -0.2) is 4.68 Å². The number of anilines is 1. The summed E-state index contributed by atoms with van der Waals surface area (Å²) in [6, 6.07) is 18.7. The summed E-state index contributed by atoms with van der Waals surface area (Å²) in [7, 11) is 0. The predicted octanol–water partition coefficient (Wildman–Crippen LogP) is 7.65. The summed E-state index contributed by atoms with van der Waals surface area (Å²) in [6.45, 7) is 7.15. The molecule has 0 bridgehead atoms. The van der Waals surface area contributed by atoms with Crippen LogP contribution in [0.3, 0.4) is 0 Å². The van der Waals surface area contributed by atoms with Gasteiger partial charge in [0.15, 0.2) is 5.69 Å². The van der Waals surface area contributed by atoms with E-state index in [2.05, 4.69) is 24.3 Å². The molecular formula is C38H42F3N5O4S. The maximum absolute atomic E-state index is 14.5. The van der Waals surface area contributed by atoms with Gasteiger partial charge < -0.3 is 20.2 Å². The molecule has 5 rings (SSSR count). The summed E-state index contributed by atoms with van der Waals surface area (Å²) in [5.41, 5.74) is -0.617. The van der Waals surface area contributed by atoms with Gasteiger partial charge in [0, 0.05) is 41.5 Å². The van der Waals surface area contributed by atoms with Gasteiger partial charge in [-0.3, -0.25) is 14.4 Å². The Morgan fingerprint density at radius 1 is 0.961 bits per heavy atom. The van der Waals surface area contributed by atoms with Gasteiger partial charge in [-0.2, -0.15) is 18.3 Å². The van der Waals surface area contributed by atoms with Gasteiger partial charge >= 0.3 is 5.51 Å². The fourth-order valence-corrected chi connectivity index (χ4v) is 6.66. The fraction of sp³-hybridized carbons (Fsp3) is 0.368. The lowest BCUT2D eigenvalue weighted by molar-refractivity contribution is -0.0328. The SMILES string of the molecule is CCCCN(CCCC)C(=O)c1cc(C)n(-c2ccc(NC(=O)c3ccc(SC(F)(F)F)cc3)cc2C(=O)N2Cc3ccccc3C[C@H]2CO)n1. The summed E-state index contributed by atoms with van der Waals surface area (Å²) in [6.07, 6.45) is 4.06. The van der Waals surface area contributed by atoms with Crippen molar-refractivity contribution in [1.29, 1.82) is 0 Å². The predicted molar refractivity (Wildman–Crippen MR) is 191 cm³/mol. The number of carbonyl (C=O) groups is 3. The molecule has 3 aromatic carbocycles. The second-order valence-corrected chi connectivity index (χ2v) is 13.7. The van der Waals surface area contributed by atoms with Gasteiger partial charge in [0.2, 0.25) is 0 Å². The van der Waals surface area contributed by atoms with Crippen LogP contribution in [0.4, 0.5) is 18.9 Å². The molecule has 2 N–H and O–H groups in total. The standard InChI is InChI=1S/C38H42F3N5O4S/c1-4-6-18-44(19-7-5-2)37(50)33-20-25(3)46(43-33)34-17-14-29(42-35(48)26-12-15-31(16-13-26)51-38(39,40)41)22-32(34)36(49)45-23-28-11-9-8-10-27(28)21-30(45)24-47/h8-17,20,22,30,47H,4-7,18-19,21,23-24H2,1-3H3,(H,42,48)/t30-/m0/s1. The Morgan fingerprint density at radius 3 is 2.25 bits per heavy atom. The van der Waals surface area contributed by atoms with Gasteiger partial charge in [0.05, 0.1) is 23.9 Å². The van der Waals surface area contributed by atoms with Crippen LogP contribution in [0.2, 0.25) is 0 Å². The maximum atomic E-state index is 14.5. The molecular weight excluding hydrogens is 680 g/mol. The lowest BCUT2D eigenvalue weighted by atomic mass is 9.93. The Morgan fingerprint density at radius 2 is 1.63 bits per heavy atom. The minimum absolute atomic E-state index is 0.0517. The molecule has 0 unspecified atom stereocenters. The average Bonchev–Trinajstić information content (AvgIpc) is 3.51. The third-order valence-electron chi connectivity index (χ3n) is 8.85. The molecule has 0 saturated carbocycles. The van der Waals surface area contributed by atoms with Crippen LogP contribution in [-0.4, -0.2) is 73.7 Å². The van der Waals surface area contributed by atoms with E-state index in [0.29, 0.717) is 30.9 Å². The van der Waals surface area contributed by atoms with E-state index in [1.165, 1.54) is 30.3 Å². The molecule has 0 saturated heterocycles. The van der Waals surface area contributed by atoms with Crippen LogP contribution < -0.4 is 5.32 Å². The number of rotatable bonds is 13. The molecule has 0 radical (unpaired) electrons. The molecule has 1 aliphatic heterocycles. The van der Waals surface area contributed by atoms with E-state index < -0.39 is 23.4 Å². The van der Waals surface area contributed by atoms with Gasteiger partial charge in [-0.1, -0.05) is 51.0 Å². The van der Waals surface area contributed by atoms with Crippen LogP contribution in [0, 0.1) is 6.92 Å². The number of aromatic nitrogens is 2. The van der Waals surface area contributed by atoms with Crippen molar-refractivity contribution in [2.24, 2.45) is 0 Å². The number of thioether (sulfide) groups is 1. The molecule has 0 fully saturated rings. The third-order valence-corrected chi connectivity index (χ3v) is 9.59. The highest BCUT2D eigenvalue weighted by Crippen LogP contribution is 2.37. The molecule has 3 amide bonds. The zero-order valence-electron chi connectivity index (χ0n) is 28.9. The molecule has 0 aliphatic carbocycles. The van der Waals surface area contributed by atoms with E-state index in [1.54, 1.807) is 34.7 Å². The lowest BCUT2D eigenvalue weighted by Crippen LogP contribution is -2.46. The van der Waals surface area contributed by atoms with E-state index in [9.17, 15) is 32.7 Å². The molecule has 2 heterocycles. The number of carbonyl (C=O) groups excluding carboxylic acids is 3. The van der Waals surface area contributed by atoms with Crippen LogP contribution in [-0.2, 0) is 13.0 Å². The summed E-state index contributed by atoms with van der Waals surface area (Å²) in [5.74, 6) is -1.17. The van der Waals surface area contributed by atoms with Crippen LogP contribution in [0.1, 0.15) is 87.6 Å². The highest BCUT2D eigenvalue weighted by atomic mass is 32.2. The zero-order chi connectivity index (χ0) is 36.7. The minimum atomic E-state index is -4.45. The highest BCUT2D eigenvalue weighted by Gasteiger charge is 2.32. The number of nitrogens with zero attached hydrogens (tertiary/aromatic N) is 4. The monoisotopic (exact) mass is 721 g/mol. The Bertz CT molecular complexity index is 1850. The lowest BCUT2D eigenvalue weighted by Gasteiger charge is -2.36. The molecule has 13 heteroatoms. The number of aliphatic hydroxyl groups excluding tert-OH is 1. The van der Waals surface area contributed by atoms with Crippen LogP contribution >= 0.6 is 11.8 Å². The van der Waals surface area contributed by atoms with Gasteiger partial charge in [0.1, 0.15) is 0 Å². The first-order chi connectivity index (χ1) is 24.4. The van der Waals surface area contributed by atoms with E-state index in [0.717, 1.165) is 36.8 Å². The Balaban J connectivity index is 1.51. The maximum Gasteiger partial charge on any atom is 0.446 e. The van der Waals surface area contributed by atoms with E-state index in [4.69, 9.17) is 0 Å². The van der Waals surface area contributed by atoms with Crippen LogP contribution in [0.15, 0.2) is 77.7 Å². The van der Waals surface area contributed by atoms with Crippen molar-refractivity contribution >= 4 is 35.2 Å². The third kappa shape index (κ3) is 9.19. The van der Waals surface area contributed by atoms with Crippen molar-refractivity contribution in [3.8, 4) is 5.69 Å². The normalized spacial score (nSPS) is 14.3. The molecule has 0 spiro atoms. The number of benzene rings is 3. The number of amides is 3. The van der Waals surface area contributed by atoms with Crippen molar-refractivity contribution in [3.63, 3.8) is 0 Å². The van der Waals surface area contributed by atoms with Crippen molar-refractivity contribution in [2.45, 2.75) is 75.9 Å². The Kier molecular flexibility index (Phi) is 12.2. The molecule has 270 valence electrons. The summed E-state index contributed by atoms with van der Waals surface area (Å²) in [5, 5.41) is 17.8. The van der Waals surface area contributed by atoms with Crippen LogP contribution in [0.25, 0.3) is 5.69 Å².